The first-order valence-electron chi connectivity index (χ1n) is 17.4. The number of ether oxygens (including phenoxy) is 3. The molecule has 270 valence electrons. The van der Waals surface area contributed by atoms with Crippen molar-refractivity contribution in [3.63, 3.8) is 0 Å². The summed E-state index contributed by atoms with van der Waals surface area (Å²) in [5.74, 6) is -0.204. The van der Waals surface area contributed by atoms with E-state index in [1.807, 2.05) is 13.0 Å². The van der Waals surface area contributed by atoms with Gasteiger partial charge >= 0.3 is 5.97 Å². The number of rotatable bonds is 7. The van der Waals surface area contributed by atoms with E-state index >= 15 is 0 Å². The predicted molar refractivity (Wildman–Crippen MR) is 204 cm³/mol. The maximum atomic E-state index is 13.3. The van der Waals surface area contributed by atoms with Crippen molar-refractivity contribution in [2.24, 2.45) is 5.92 Å². The first-order valence-corrected chi connectivity index (χ1v) is 23.2. The third-order valence-corrected chi connectivity index (χ3v) is 19.0. The molecule has 0 saturated heterocycles. The first kappa shape index (κ1) is 43.5. The van der Waals surface area contributed by atoms with Crippen LogP contribution >= 0.6 is 0 Å². The molecule has 5 atom stereocenters. The molecule has 0 spiro atoms. The van der Waals surface area contributed by atoms with E-state index in [0.29, 0.717) is 12.0 Å². The van der Waals surface area contributed by atoms with Crippen molar-refractivity contribution in [1.82, 2.24) is 0 Å². The van der Waals surface area contributed by atoms with Crippen molar-refractivity contribution < 1.29 is 27.9 Å². The van der Waals surface area contributed by atoms with Crippen LogP contribution in [0, 0.1) is 5.92 Å². The van der Waals surface area contributed by atoms with Gasteiger partial charge in [0.1, 0.15) is 6.10 Å². The number of hydrogen-bond acceptors (Lipinski definition) is 6. The van der Waals surface area contributed by atoms with Crippen LogP contribution in [0.5, 0.6) is 0 Å². The summed E-state index contributed by atoms with van der Waals surface area (Å²) in [6.07, 6.45) is 14.1. The van der Waals surface area contributed by atoms with Gasteiger partial charge < -0.3 is 23.1 Å². The van der Waals surface area contributed by atoms with E-state index in [4.69, 9.17) is 23.1 Å². The molecule has 47 heavy (non-hydrogen) atoms. The van der Waals surface area contributed by atoms with Gasteiger partial charge in [-0.05, 0) is 82.9 Å². The number of cyclic esters (lactones) is 1. The highest BCUT2D eigenvalue weighted by Crippen LogP contribution is 2.40. The second-order valence-electron chi connectivity index (χ2n) is 16.6. The lowest BCUT2D eigenvalue weighted by atomic mass is 9.99. The fraction of sp³-hybridized carbons (Fsp3) is 0.718. The summed E-state index contributed by atoms with van der Waals surface area (Å²) < 4.78 is 31.6. The molecule has 0 saturated carbocycles. The molecule has 1 rings (SSSR count). The molecule has 1 aliphatic heterocycles. The van der Waals surface area contributed by atoms with Gasteiger partial charge in [-0.25, -0.2) is 4.79 Å². The van der Waals surface area contributed by atoms with Gasteiger partial charge in [-0.1, -0.05) is 95.6 Å². The summed E-state index contributed by atoms with van der Waals surface area (Å²) in [4.78, 5) is 13.3. The molecule has 1 aliphatic rings. The summed E-state index contributed by atoms with van der Waals surface area (Å²) in [5.41, 5.74) is 3.84. The summed E-state index contributed by atoms with van der Waals surface area (Å²) >= 11 is 0. The molecule has 0 radical (unpaired) electrons. The van der Waals surface area contributed by atoms with Crippen LogP contribution in [-0.4, -0.2) is 67.8 Å². The molecule has 0 N–H and O–H groups in total. The summed E-state index contributed by atoms with van der Waals surface area (Å²) in [6, 6.07) is 0. The number of methoxy groups -OCH3 is 2. The average Bonchev–Trinajstić information content (AvgIpc) is 2.91. The zero-order valence-corrected chi connectivity index (χ0v) is 35.1. The molecule has 6 nitrogen and oxygen atoms in total. The van der Waals surface area contributed by atoms with Crippen LogP contribution in [0.2, 0.25) is 36.3 Å². The van der Waals surface area contributed by atoms with Crippen molar-refractivity contribution in [2.75, 3.05) is 20.8 Å². The Balaban J connectivity index is 3.72. The Morgan fingerprint density at radius 2 is 1.40 bits per heavy atom. The van der Waals surface area contributed by atoms with Crippen molar-refractivity contribution in [3.05, 3.63) is 58.7 Å². The van der Waals surface area contributed by atoms with Gasteiger partial charge in [0.25, 0.3) is 0 Å². The molecule has 1 heterocycles. The van der Waals surface area contributed by atoms with Crippen LogP contribution in [0.4, 0.5) is 0 Å². The fourth-order valence-electron chi connectivity index (χ4n) is 5.10. The van der Waals surface area contributed by atoms with Crippen molar-refractivity contribution in [1.29, 1.82) is 0 Å². The SMILES string of the molecule is COCC1C[C@H](OC)[C@@H](O[Si](C)(C)C(C)(C)C)CC/C=C(C)/C=C/[C@@H](O[Si](C)(C)C(C)(C)C)[C@H](C)/C=C(C)/C=C(C)/C=C(\C)C(=O)O1. The first-order chi connectivity index (χ1) is 21.4. The van der Waals surface area contributed by atoms with Crippen molar-refractivity contribution in [3.8, 4) is 0 Å². The fourth-order valence-corrected chi connectivity index (χ4v) is 7.81. The van der Waals surface area contributed by atoms with Gasteiger partial charge in [0.15, 0.2) is 16.6 Å². The Kier molecular flexibility index (Phi) is 17.1. The molecule has 8 heteroatoms. The van der Waals surface area contributed by atoms with E-state index in [1.165, 1.54) is 5.57 Å². The van der Waals surface area contributed by atoms with Crippen LogP contribution in [0.3, 0.4) is 0 Å². The Morgan fingerprint density at radius 3 is 1.94 bits per heavy atom. The molecular formula is C39H70O6Si2. The highest BCUT2D eigenvalue weighted by Gasteiger charge is 2.42. The molecule has 0 aliphatic carbocycles. The molecule has 0 aromatic rings. The summed E-state index contributed by atoms with van der Waals surface area (Å²) in [5, 5.41) is 0.136. The van der Waals surface area contributed by atoms with Gasteiger partial charge in [-0.15, -0.1) is 0 Å². The second kappa shape index (κ2) is 18.4. The van der Waals surface area contributed by atoms with Gasteiger partial charge in [0, 0.05) is 32.1 Å². The van der Waals surface area contributed by atoms with Crippen molar-refractivity contribution in [2.45, 2.75) is 156 Å². The highest BCUT2D eigenvalue weighted by molar-refractivity contribution is 6.74. The topological polar surface area (TPSA) is 63.2 Å². The lowest BCUT2D eigenvalue weighted by molar-refractivity contribution is -0.150. The highest BCUT2D eigenvalue weighted by atomic mass is 28.4. The Hall–Kier alpha value is -1.56. The number of carbonyl (C=O) groups excluding carboxylic acids is 1. The zero-order valence-electron chi connectivity index (χ0n) is 33.1. The minimum absolute atomic E-state index is 0.0390. The van der Waals surface area contributed by atoms with Crippen LogP contribution < -0.4 is 0 Å². The molecular weight excluding hydrogens is 621 g/mol. The molecule has 0 aromatic carbocycles. The zero-order chi connectivity index (χ0) is 36.4. The molecule has 0 fully saturated rings. The van der Waals surface area contributed by atoms with Crippen LogP contribution in [0.15, 0.2) is 58.7 Å². The van der Waals surface area contributed by atoms with E-state index in [9.17, 15) is 4.79 Å². The average molecular weight is 691 g/mol. The summed E-state index contributed by atoms with van der Waals surface area (Å²) in [6.45, 7) is 33.4. The largest absolute Gasteiger partial charge is 0.456 e. The Morgan fingerprint density at radius 1 is 0.830 bits per heavy atom. The van der Waals surface area contributed by atoms with E-state index in [0.717, 1.165) is 24.0 Å². The smallest absolute Gasteiger partial charge is 0.334 e. The van der Waals surface area contributed by atoms with E-state index in [2.05, 4.69) is 119 Å². The predicted octanol–water partition coefficient (Wildman–Crippen LogP) is 10.5. The normalized spacial score (nSPS) is 30.8. The van der Waals surface area contributed by atoms with E-state index in [1.54, 1.807) is 21.1 Å². The lowest BCUT2D eigenvalue weighted by Crippen LogP contribution is -2.48. The third-order valence-electron chi connectivity index (χ3n) is 10.1. The monoisotopic (exact) mass is 690 g/mol. The van der Waals surface area contributed by atoms with Gasteiger partial charge in [-0.3, -0.25) is 0 Å². The Bertz CT molecular complexity index is 1160. The maximum absolute atomic E-state index is 13.3. The van der Waals surface area contributed by atoms with Crippen molar-refractivity contribution >= 4 is 22.6 Å². The van der Waals surface area contributed by atoms with Gasteiger partial charge in [0.2, 0.25) is 0 Å². The quantitative estimate of drug-likeness (QED) is 0.196. The van der Waals surface area contributed by atoms with Crippen LogP contribution in [0.25, 0.3) is 0 Å². The second-order valence-corrected chi connectivity index (χ2v) is 26.1. The number of hydrogen-bond donors (Lipinski definition) is 0. The molecule has 1 unspecified atom stereocenters. The number of carbonyl (C=O) groups is 1. The van der Waals surface area contributed by atoms with E-state index in [-0.39, 0.29) is 46.9 Å². The van der Waals surface area contributed by atoms with E-state index < -0.39 is 22.7 Å². The minimum Gasteiger partial charge on any atom is -0.456 e. The summed E-state index contributed by atoms with van der Waals surface area (Å²) in [7, 11) is -0.819. The lowest BCUT2D eigenvalue weighted by Gasteiger charge is -2.41. The van der Waals surface area contributed by atoms with Crippen LogP contribution in [0.1, 0.15) is 95.4 Å². The maximum Gasteiger partial charge on any atom is 0.334 e. The number of esters is 1. The molecule has 0 amide bonds. The molecule has 0 bridgehead atoms. The minimum atomic E-state index is -2.13. The Labute approximate surface area is 291 Å². The van der Waals surface area contributed by atoms with Gasteiger partial charge in [0.05, 0.1) is 24.9 Å². The molecule has 0 aromatic heterocycles. The van der Waals surface area contributed by atoms with Crippen LogP contribution in [-0.2, 0) is 27.9 Å². The third kappa shape index (κ3) is 14.4. The van der Waals surface area contributed by atoms with Gasteiger partial charge in [-0.2, -0.15) is 0 Å². The number of allylic oxidation sites excluding steroid dienone is 7. The standard InChI is InChI=1S/C39H70O6Si2/c1-28-19-18-20-35(45-47(16,17)39(9,10)11)36(42-13)26-33(27-41-12)43-37(40)32(5)25-30(3)23-29(2)24-31(4)34(22-21-28)44-46(14,15)38(6,7)8/h19,21-25,31,33-36H,18,20,26-27H2,1-17H3/b22-21+,28-19+,29-24+,30-23+,32-25+/t31-,33?,34-,35+,36+/m1/s1.